The Hall–Kier alpha value is -0.810. The van der Waals surface area contributed by atoms with Gasteiger partial charge >= 0.3 is 0 Å². The van der Waals surface area contributed by atoms with Crippen LogP contribution in [-0.4, -0.2) is 19.5 Å². The van der Waals surface area contributed by atoms with Gasteiger partial charge in [-0.3, -0.25) is 0 Å². The minimum absolute atomic E-state index is 0.0131. The van der Waals surface area contributed by atoms with E-state index in [1.54, 1.807) is 6.07 Å². The Kier molecular flexibility index (Phi) is 5.15. The van der Waals surface area contributed by atoms with Crippen LogP contribution in [0.3, 0.4) is 0 Å². The molecule has 0 aromatic carbocycles. The van der Waals surface area contributed by atoms with E-state index in [1.165, 1.54) is 18.7 Å². The lowest BCUT2D eigenvalue weighted by atomic mass is 9.75. The fraction of sp³-hybridized carbons (Fsp3) is 0.667. The van der Waals surface area contributed by atoms with Crippen LogP contribution >= 0.6 is 10.7 Å². The third kappa shape index (κ3) is 4.10. The molecule has 2 rings (SSSR count). The first kappa shape index (κ1) is 16.6. The molecular formula is C15H22ClNO3S. The van der Waals surface area contributed by atoms with Crippen LogP contribution in [-0.2, 0) is 9.05 Å². The molecule has 6 heteroatoms. The Morgan fingerprint density at radius 2 is 2.10 bits per heavy atom. The van der Waals surface area contributed by atoms with Gasteiger partial charge in [0.15, 0.2) is 0 Å². The Bertz CT molecular complexity index is 588. The van der Waals surface area contributed by atoms with Crippen LogP contribution in [0.15, 0.2) is 23.2 Å². The first-order valence-corrected chi connectivity index (χ1v) is 9.66. The van der Waals surface area contributed by atoms with E-state index in [1.807, 2.05) is 0 Å². The van der Waals surface area contributed by atoms with Crippen molar-refractivity contribution in [3.05, 3.63) is 18.3 Å². The fourth-order valence-corrected chi connectivity index (χ4v) is 3.95. The molecule has 1 fully saturated rings. The van der Waals surface area contributed by atoms with E-state index in [4.69, 9.17) is 15.4 Å². The Morgan fingerprint density at radius 3 is 2.71 bits per heavy atom. The second-order valence-corrected chi connectivity index (χ2v) is 8.76. The van der Waals surface area contributed by atoms with E-state index in [0.717, 1.165) is 12.8 Å². The van der Waals surface area contributed by atoms with E-state index in [-0.39, 0.29) is 16.9 Å². The molecule has 1 saturated carbocycles. The van der Waals surface area contributed by atoms with Crippen molar-refractivity contribution in [2.75, 3.05) is 0 Å². The highest BCUT2D eigenvalue weighted by Crippen LogP contribution is 2.37. The first-order chi connectivity index (χ1) is 9.79. The molecule has 1 aliphatic carbocycles. The van der Waals surface area contributed by atoms with Crippen molar-refractivity contribution >= 4 is 19.7 Å². The van der Waals surface area contributed by atoms with E-state index >= 15 is 0 Å². The molecule has 1 aromatic rings. The van der Waals surface area contributed by atoms with Crippen molar-refractivity contribution in [3.63, 3.8) is 0 Å². The summed E-state index contributed by atoms with van der Waals surface area (Å²) in [6.45, 7) is 6.55. The minimum Gasteiger partial charge on any atom is -0.473 e. The van der Waals surface area contributed by atoms with Crippen molar-refractivity contribution in [2.24, 2.45) is 17.8 Å². The second-order valence-electron chi connectivity index (χ2n) is 6.23. The summed E-state index contributed by atoms with van der Waals surface area (Å²) in [5, 5.41) is 0. The number of hydrogen-bond donors (Lipinski definition) is 0. The van der Waals surface area contributed by atoms with Gasteiger partial charge in [0.2, 0.25) is 5.88 Å². The molecule has 0 amide bonds. The summed E-state index contributed by atoms with van der Waals surface area (Å²) in [6.07, 6.45) is 4.71. The van der Waals surface area contributed by atoms with Crippen molar-refractivity contribution < 1.29 is 13.2 Å². The van der Waals surface area contributed by atoms with Gasteiger partial charge in [-0.05, 0) is 42.7 Å². The third-order valence-electron chi connectivity index (χ3n) is 4.22. The molecule has 118 valence electrons. The van der Waals surface area contributed by atoms with Crippen molar-refractivity contribution in [2.45, 2.75) is 51.0 Å². The number of hydrogen-bond acceptors (Lipinski definition) is 4. The number of halogens is 1. The summed E-state index contributed by atoms with van der Waals surface area (Å²) in [4.78, 5) is 4.02. The van der Waals surface area contributed by atoms with Gasteiger partial charge in [0.05, 0.1) is 0 Å². The van der Waals surface area contributed by atoms with Gasteiger partial charge in [0, 0.05) is 16.9 Å². The maximum absolute atomic E-state index is 11.6. The Balaban J connectivity index is 2.27. The normalized spacial score (nSPS) is 26.8. The zero-order valence-electron chi connectivity index (χ0n) is 12.6. The average molecular weight is 332 g/mol. The molecule has 0 radical (unpaired) electrons. The zero-order chi connectivity index (χ0) is 15.6. The largest absolute Gasteiger partial charge is 0.473 e. The molecule has 3 atom stereocenters. The van der Waals surface area contributed by atoms with E-state index in [2.05, 4.69) is 25.8 Å². The van der Waals surface area contributed by atoms with Gasteiger partial charge in [-0.15, -0.1) is 0 Å². The summed E-state index contributed by atoms with van der Waals surface area (Å²) in [5.74, 6) is 1.60. The molecular weight excluding hydrogens is 310 g/mol. The minimum atomic E-state index is -3.85. The molecule has 0 N–H and O–H groups in total. The van der Waals surface area contributed by atoms with Crippen molar-refractivity contribution in [3.8, 4) is 5.88 Å². The van der Waals surface area contributed by atoms with Gasteiger partial charge in [0.25, 0.3) is 9.05 Å². The highest BCUT2D eigenvalue weighted by molar-refractivity contribution is 8.13. The smallest absolute Gasteiger partial charge is 0.266 e. The average Bonchev–Trinajstić information content (AvgIpc) is 2.37. The quantitative estimate of drug-likeness (QED) is 0.786. The van der Waals surface area contributed by atoms with E-state index in [0.29, 0.717) is 17.8 Å². The maximum Gasteiger partial charge on any atom is 0.266 e. The first-order valence-electron chi connectivity index (χ1n) is 7.35. The number of ether oxygens (including phenoxy) is 1. The molecule has 0 bridgehead atoms. The lowest BCUT2D eigenvalue weighted by Gasteiger charge is -2.37. The van der Waals surface area contributed by atoms with E-state index < -0.39 is 9.05 Å². The molecule has 0 saturated heterocycles. The molecule has 3 unspecified atom stereocenters. The number of pyridine rings is 1. The number of aromatic nitrogens is 1. The molecule has 0 spiro atoms. The highest BCUT2D eigenvalue weighted by Gasteiger charge is 2.33. The van der Waals surface area contributed by atoms with Crippen molar-refractivity contribution in [1.82, 2.24) is 4.98 Å². The zero-order valence-corrected chi connectivity index (χ0v) is 14.2. The molecule has 1 aliphatic rings. The second kappa shape index (κ2) is 6.53. The topological polar surface area (TPSA) is 56.3 Å². The molecule has 0 aliphatic heterocycles. The van der Waals surface area contributed by atoms with Crippen LogP contribution in [0.4, 0.5) is 0 Å². The van der Waals surface area contributed by atoms with Crippen LogP contribution in [0.25, 0.3) is 0 Å². The molecule has 4 nitrogen and oxygen atoms in total. The number of nitrogens with zero attached hydrogens (tertiary/aromatic N) is 1. The monoisotopic (exact) mass is 331 g/mol. The Morgan fingerprint density at radius 1 is 1.38 bits per heavy atom. The fourth-order valence-electron chi connectivity index (χ4n) is 3.04. The van der Waals surface area contributed by atoms with Gasteiger partial charge in [-0.2, -0.15) is 0 Å². The lowest BCUT2D eigenvalue weighted by Crippen LogP contribution is -2.36. The SMILES string of the molecule is CC1CCC(C(C)C)C(Oc2ncccc2S(=O)(=O)Cl)C1. The van der Waals surface area contributed by atoms with E-state index in [9.17, 15) is 8.42 Å². The molecule has 1 aromatic heterocycles. The maximum atomic E-state index is 11.6. The summed E-state index contributed by atoms with van der Waals surface area (Å²) >= 11 is 0. The van der Waals surface area contributed by atoms with Crippen LogP contribution in [0, 0.1) is 17.8 Å². The lowest BCUT2D eigenvalue weighted by molar-refractivity contribution is 0.0403. The van der Waals surface area contributed by atoms with Gasteiger partial charge in [-0.1, -0.05) is 27.2 Å². The van der Waals surface area contributed by atoms with Gasteiger partial charge in [0.1, 0.15) is 11.0 Å². The molecule has 1 heterocycles. The summed E-state index contributed by atoms with van der Waals surface area (Å²) < 4.78 is 29.2. The van der Waals surface area contributed by atoms with Crippen LogP contribution in [0.5, 0.6) is 5.88 Å². The van der Waals surface area contributed by atoms with Crippen LogP contribution in [0.1, 0.15) is 40.0 Å². The predicted octanol–water partition coefficient (Wildman–Crippen LogP) is 3.85. The van der Waals surface area contributed by atoms with Crippen molar-refractivity contribution in [1.29, 1.82) is 0 Å². The standard InChI is InChI=1S/C15H22ClNO3S/c1-10(2)12-7-6-11(3)9-13(12)20-15-14(21(16,18)19)5-4-8-17-15/h4-5,8,10-13H,6-7,9H2,1-3H3. The van der Waals surface area contributed by atoms with Gasteiger partial charge < -0.3 is 4.74 Å². The Labute approximate surface area is 131 Å². The highest BCUT2D eigenvalue weighted by atomic mass is 35.7. The summed E-state index contributed by atoms with van der Waals surface area (Å²) in [6, 6.07) is 2.98. The van der Waals surface area contributed by atoms with Crippen LogP contribution < -0.4 is 4.74 Å². The van der Waals surface area contributed by atoms with Crippen LogP contribution in [0.2, 0.25) is 0 Å². The number of rotatable bonds is 4. The predicted molar refractivity (Wildman–Crippen MR) is 83.0 cm³/mol. The third-order valence-corrected chi connectivity index (χ3v) is 5.56. The summed E-state index contributed by atoms with van der Waals surface area (Å²) in [5.41, 5.74) is 0. The summed E-state index contributed by atoms with van der Waals surface area (Å²) in [7, 11) is 1.61. The van der Waals surface area contributed by atoms with Gasteiger partial charge in [-0.25, -0.2) is 13.4 Å². The molecule has 21 heavy (non-hydrogen) atoms.